The zero-order chi connectivity index (χ0) is 19.0. The molecular formula is C25H35N3. The second kappa shape index (κ2) is 8.48. The largest absolute Gasteiger partial charge is 0.344 e. The van der Waals surface area contributed by atoms with Gasteiger partial charge in [0.15, 0.2) is 0 Å². The first kappa shape index (κ1) is 20.6. The maximum Gasteiger partial charge on any atom is 0.0486 e. The van der Waals surface area contributed by atoms with E-state index in [4.69, 9.17) is 0 Å². The van der Waals surface area contributed by atoms with Crippen LogP contribution in [0, 0.1) is 12.8 Å². The number of aromatic nitrogens is 2. The van der Waals surface area contributed by atoms with Gasteiger partial charge in [-0.25, -0.2) is 0 Å². The molecule has 0 bridgehead atoms. The molecule has 3 heteroatoms. The first-order valence-electron chi connectivity index (χ1n) is 10.2. The molecule has 0 aliphatic carbocycles. The summed E-state index contributed by atoms with van der Waals surface area (Å²) >= 11 is 0. The molecule has 0 saturated heterocycles. The summed E-state index contributed by atoms with van der Waals surface area (Å²) in [5, 5.41) is 1.45. The Balaban J connectivity index is 0.00000225. The van der Waals surface area contributed by atoms with Gasteiger partial charge < -0.3 is 9.47 Å². The van der Waals surface area contributed by atoms with E-state index >= 15 is 0 Å². The molecule has 28 heavy (non-hydrogen) atoms. The molecule has 1 aliphatic heterocycles. The van der Waals surface area contributed by atoms with Crippen molar-refractivity contribution >= 4 is 10.9 Å². The summed E-state index contributed by atoms with van der Waals surface area (Å²) in [6.07, 6.45) is 6.21. The highest BCUT2D eigenvalue weighted by Crippen LogP contribution is 2.34. The van der Waals surface area contributed by atoms with Crippen molar-refractivity contribution in [3.05, 3.63) is 65.1 Å². The highest BCUT2D eigenvalue weighted by Gasteiger charge is 2.24. The van der Waals surface area contributed by atoms with Crippen molar-refractivity contribution in [2.45, 2.75) is 60.0 Å². The molecule has 0 fully saturated rings. The Morgan fingerprint density at radius 2 is 1.86 bits per heavy atom. The summed E-state index contributed by atoms with van der Waals surface area (Å²) in [4.78, 5) is 6.68. The minimum Gasteiger partial charge on any atom is -0.344 e. The minimum absolute atomic E-state index is 0. The van der Waals surface area contributed by atoms with Crippen LogP contribution in [-0.4, -0.2) is 28.0 Å². The molecular weight excluding hydrogens is 342 g/mol. The van der Waals surface area contributed by atoms with E-state index in [9.17, 15) is 0 Å². The lowest BCUT2D eigenvalue weighted by Gasteiger charge is -2.26. The smallest absolute Gasteiger partial charge is 0.0486 e. The van der Waals surface area contributed by atoms with E-state index < -0.39 is 0 Å². The summed E-state index contributed by atoms with van der Waals surface area (Å²) in [5.41, 5.74) is 7.26. The molecule has 1 unspecified atom stereocenters. The fourth-order valence-corrected chi connectivity index (χ4v) is 4.65. The lowest BCUT2D eigenvalue weighted by Crippen LogP contribution is -2.27. The Hall–Kier alpha value is -2.13. The van der Waals surface area contributed by atoms with Crippen molar-refractivity contribution in [2.75, 3.05) is 13.6 Å². The van der Waals surface area contributed by atoms with Crippen molar-refractivity contribution < 1.29 is 0 Å². The van der Waals surface area contributed by atoms with E-state index in [0.717, 1.165) is 26.1 Å². The molecule has 150 valence electrons. The Morgan fingerprint density at radius 1 is 1.11 bits per heavy atom. The SMILES string of the molecule is C.Cc1ccc2c(c1)c1c(n2CC(CC(C)C)c2ccncc2)CCN(C)C1. The molecule has 2 aromatic heterocycles. The number of hydrogen-bond acceptors (Lipinski definition) is 2. The highest BCUT2D eigenvalue weighted by molar-refractivity contribution is 5.86. The van der Waals surface area contributed by atoms with E-state index in [2.05, 4.69) is 72.6 Å². The molecule has 0 spiro atoms. The van der Waals surface area contributed by atoms with Gasteiger partial charge in [-0.15, -0.1) is 0 Å². The summed E-state index contributed by atoms with van der Waals surface area (Å²) in [5.74, 6) is 1.20. The van der Waals surface area contributed by atoms with E-state index in [0.29, 0.717) is 11.8 Å². The topological polar surface area (TPSA) is 21.1 Å². The van der Waals surface area contributed by atoms with Gasteiger partial charge in [0.25, 0.3) is 0 Å². The second-order valence-electron chi connectivity index (χ2n) is 8.65. The maximum atomic E-state index is 4.23. The first-order valence-corrected chi connectivity index (χ1v) is 10.2. The van der Waals surface area contributed by atoms with Crippen molar-refractivity contribution in [2.24, 2.45) is 5.92 Å². The highest BCUT2D eigenvalue weighted by atomic mass is 15.1. The van der Waals surface area contributed by atoms with E-state index in [1.807, 2.05) is 12.4 Å². The number of benzene rings is 1. The number of rotatable bonds is 5. The van der Waals surface area contributed by atoms with Gasteiger partial charge >= 0.3 is 0 Å². The minimum atomic E-state index is 0. The molecule has 3 aromatic rings. The van der Waals surface area contributed by atoms with E-state index in [1.54, 1.807) is 11.3 Å². The van der Waals surface area contributed by atoms with Crippen LogP contribution >= 0.6 is 0 Å². The van der Waals surface area contributed by atoms with Gasteiger partial charge in [-0.05, 0) is 61.7 Å². The average molecular weight is 378 g/mol. The Bertz CT molecular complexity index is 924. The number of fused-ring (bicyclic) bond motifs is 3. The summed E-state index contributed by atoms with van der Waals surface area (Å²) in [6, 6.07) is 11.4. The van der Waals surface area contributed by atoms with Crippen LogP contribution in [0.4, 0.5) is 0 Å². The van der Waals surface area contributed by atoms with Gasteiger partial charge in [0, 0.05) is 61.0 Å². The molecule has 1 atom stereocenters. The third-order valence-corrected chi connectivity index (χ3v) is 5.94. The van der Waals surface area contributed by atoms with Gasteiger partial charge in [-0.2, -0.15) is 0 Å². The van der Waals surface area contributed by atoms with Gasteiger partial charge in [0.2, 0.25) is 0 Å². The van der Waals surface area contributed by atoms with Crippen LogP contribution in [0.5, 0.6) is 0 Å². The van der Waals surface area contributed by atoms with Gasteiger partial charge in [0.05, 0.1) is 0 Å². The third kappa shape index (κ3) is 4.00. The van der Waals surface area contributed by atoms with Gasteiger partial charge in [-0.1, -0.05) is 32.9 Å². The zero-order valence-corrected chi connectivity index (χ0v) is 17.1. The number of likely N-dealkylation sites (N-methyl/N-ethyl adjacent to an activating group) is 1. The lowest BCUT2D eigenvalue weighted by atomic mass is 9.90. The Kier molecular flexibility index (Phi) is 6.24. The van der Waals surface area contributed by atoms with Crippen LogP contribution in [0.2, 0.25) is 0 Å². The molecule has 0 amide bonds. The van der Waals surface area contributed by atoms with E-state index in [1.165, 1.54) is 28.5 Å². The van der Waals surface area contributed by atoms with Crippen LogP contribution in [0.15, 0.2) is 42.7 Å². The molecule has 1 aromatic carbocycles. The average Bonchev–Trinajstić information content (AvgIpc) is 2.94. The van der Waals surface area contributed by atoms with Gasteiger partial charge in [0.1, 0.15) is 0 Å². The van der Waals surface area contributed by atoms with Crippen molar-refractivity contribution in [1.29, 1.82) is 0 Å². The molecule has 3 nitrogen and oxygen atoms in total. The standard InChI is InChI=1S/C24H31N3.CH4/c1-17(2)13-20(19-7-10-25-11-8-19)15-27-23-6-5-18(3)14-21(23)22-16-26(4)12-9-24(22)27;/h5-8,10-11,14,17,20H,9,12-13,15-16H2,1-4H3;1H4. The molecule has 3 heterocycles. The maximum absolute atomic E-state index is 4.23. The van der Waals surface area contributed by atoms with Crippen molar-refractivity contribution in [3.8, 4) is 0 Å². The zero-order valence-electron chi connectivity index (χ0n) is 17.1. The fourth-order valence-electron chi connectivity index (χ4n) is 4.65. The molecule has 4 rings (SSSR count). The monoisotopic (exact) mass is 377 g/mol. The van der Waals surface area contributed by atoms with Crippen LogP contribution in [0.1, 0.15) is 56.0 Å². The predicted molar refractivity (Wildman–Crippen MR) is 120 cm³/mol. The molecule has 1 aliphatic rings. The predicted octanol–water partition coefficient (Wildman–Crippen LogP) is 5.80. The fraction of sp³-hybridized carbons (Fsp3) is 0.480. The summed E-state index contributed by atoms with van der Waals surface area (Å²) < 4.78 is 2.63. The summed E-state index contributed by atoms with van der Waals surface area (Å²) in [7, 11) is 2.24. The van der Waals surface area contributed by atoms with Crippen LogP contribution < -0.4 is 0 Å². The third-order valence-electron chi connectivity index (χ3n) is 5.94. The van der Waals surface area contributed by atoms with Gasteiger partial charge in [-0.3, -0.25) is 4.98 Å². The normalized spacial score (nSPS) is 15.5. The van der Waals surface area contributed by atoms with Crippen molar-refractivity contribution in [1.82, 2.24) is 14.5 Å². The Morgan fingerprint density at radius 3 is 2.57 bits per heavy atom. The number of aryl methyl sites for hydroxylation is 1. The lowest BCUT2D eigenvalue weighted by molar-refractivity contribution is 0.307. The van der Waals surface area contributed by atoms with Crippen molar-refractivity contribution in [3.63, 3.8) is 0 Å². The Labute approximate surface area is 170 Å². The quantitative estimate of drug-likeness (QED) is 0.560. The van der Waals surface area contributed by atoms with Crippen LogP contribution in [0.25, 0.3) is 10.9 Å². The number of nitrogens with zero attached hydrogens (tertiary/aromatic N) is 3. The molecule has 0 N–H and O–H groups in total. The first-order chi connectivity index (χ1) is 13.0. The number of hydrogen-bond donors (Lipinski definition) is 0. The number of pyridine rings is 1. The van der Waals surface area contributed by atoms with Crippen LogP contribution in [0.3, 0.4) is 0 Å². The van der Waals surface area contributed by atoms with Crippen LogP contribution in [-0.2, 0) is 19.5 Å². The summed E-state index contributed by atoms with van der Waals surface area (Å²) in [6.45, 7) is 10.1. The second-order valence-corrected chi connectivity index (χ2v) is 8.65. The molecule has 0 saturated carbocycles. The molecule has 0 radical (unpaired) electrons. The van der Waals surface area contributed by atoms with E-state index in [-0.39, 0.29) is 7.43 Å².